The molecule has 156 valence electrons. The largest absolute Gasteiger partial charge is 0.495 e. The van der Waals surface area contributed by atoms with Gasteiger partial charge in [0.1, 0.15) is 17.4 Å². The highest BCUT2D eigenvalue weighted by Crippen LogP contribution is 2.34. The van der Waals surface area contributed by atoms with Gasteiger partial charge in [-0.2, -0.15) is 0 Å². The predicted molar refractivity (Wildman–Crippen MR) is 112 cm³/mol. The number of halogens is 3. The Labute approximate surface area is 177 Å². The van der Waals surface area contributed by atoms with E-state index in [0.29, 0.717) is 33.0 Å². The molecule has 7 heteroatoms. The monoisotopic (exact) mass is 431 g/mol. The van der Waals surface area contributed by atoms with Crippen LogP contribution in [0.4, 0.5) is 8.78 Å². The van der Waals surface area contributed by atoms with Crippen molar-refractivity contribution in [1.82, 2.24) is 4.57 Å². The van der Waals surface area contributed by atoms with E-state index in [2.05, 4.69) is 0 Å². The SMILES string of the molecule is COc1cn(C(C)Cc2ccc(F)cc2F)c(=O)cc1-c1cc(Cl)ccc1C(C)=O. The highest BCUT2D eigenvalue weighted by atomic mass is 35.5. The Balaban J connectivity index is 2.06. The molecule has 3 aromatic rings. The first-order valence-electron chi connectivity index (χ1n) is 9.26. The summed E-state index contributed by atoms with van der Waals surface area (Å²) in [5.41, 5.74) is 1.29. The predicted octanol–water partition coefficient (Wildman–Crippen LogP) is 5.46. The summed E-state index contributed by atoms with van der Waals surface area (Å²) in [7, 11) is 1.45. The first kappa shape index (κ1) is 21.7. The first-order chi connectivity index (χ1) is 14.2. The Hall–Kier alpha value is -2.99. The van der Waals surface area contributed by atoms with Gasteiger partial charge in [0.15, 0.2) is 5.78 Å². The van der Waals surface area contributed by atoms with Gasteiger partial charge in [0, 0.05) is 34.3 Å². The summed E-state index contributed by atoms with van der Waals surface area (Å²) in [5.74, 6) is -1.13. The fourth-order valence-electron chi connectivity index (χ4n) is 3.40. The Morgan fingerprint density at radius 3 is 2.50 bits per heavy atom. The maximum absolute atomic E-state index is 14.0. The number of rotatable bonds is 6. The number of ketones is 1. The van der Waals surface area contributed by atoms with Crippen LogP contribution in [0.3, 0.4) is 0 Å². The molecule has 0 bridgehead atoms. The number of hydrogen-bond acceptors (Lipinski definition) is 3. The number of methoxy groups -OCH3 is 1. The van der Waals surface area contributed by atoms with E-state index >= 15 is 0 Å². The van der Waals surface area contributed by atoms with Gasteiger partial charge in [-0.25, -0.2) is 8.78 Å². The number of Topliss-reactive ketones (excluding diaryl/α,β-unsaturated/α-hetero) is 1. The van der Waals surface area contributed by atoms with Crippen molar-refractivity contribution in [3.63, 3.8) is 0 Å². The zero-order chi connectivity index (χ0) is 22.0. The van der Waals surface area contributed by atoms with Crippen molar-refractivity contribution >= 4 is 17.4 Å². The standard InChI is InChI=1S/C23H20ClF2NO3/c1-13(8-15-4-6-17(25)10-21(15)26)27-12-22(30-3)20(11-23(27)29)19-9-16(24)5-7-18(19)14(2)28/h4-7,9-13H,8H2,1-3H3. The van der Waals surface area contributed by atoms with Gasteiger partial charge in [0.05, 0.1) is 13.3 Å². The first-order valence-corrected chi connectivity index (χ1v) is 9.64. The van der Waals surface area contributed by atoms with E-state index in [-0.39, 0.29) is 17.8 Å². The molecular weight excluding hydrogens is 412 g/mol. The molecule has 0 saturated carbocycles. The maximum Gasteiger partial charge on any atom is 0.251 e. The minimum atomic E-state index is -0.663. The molecule has 30 heavy (non-hydrogen) atoms. The molecule has 0 aliphatic carbocycles. The lowest BCUT2D eigenvalue weighted by molar-refractivity contribution is 0.101. The molecule has 0 saturated heterocycles. The van der Waals surface area contributed by atoms with Crippen LogP contribution in [0.25, 0.3) is 11.1 Å². The zero-order valence-electron chi connectivity index (χ0n) is 16.7. The van der Waals surface area contributed by atoms with Crippen LogP contribution in [-0.4, -0.2) is 17.5 Å². The highest BCUT2D eigenvalue weighted by molar-refractivity contribution is 6.31. The van der Waals surface area contributed by atoms with E-state index in [4.69, 9.17) is 16.3 Å². The lowest BCUT2D eigenvalue weighted by Crippen LogP contribution is -2.24. The Morgan fingerprint density at radius 1 is 1.13 bits per heavy atom. The molecule has 1 atom stereocenters. The van der Waals surface area contributed by atoms with Crippen LogP contribution in [-0.2, 0) is 6.42 Å². The number of benzene rings is 2. The van der Waals surface area contributed by atoms with E-state index in [1.165, 1.54) is 43.0 Å². The van der Waals surface area contributed by atoms with Crippen LogP contribution >= 0.6 is 11.6 Å². The topological polar surface area (TPSA) is 48.3 Å². The van der Waals surface area contributed by atoms with Gasteiger partial charge in [0.2, 0.25) is 0 Å². The Bertz CT molecular complexity index is 1170. The summed E-state index contributed by atoms with van der Waals surface area (Å²) in [4.78, 5) is 24.9. The number of nitrogens with zero attached hydrogens (tertiary/aromatic N) is 1. The second kappa shape index (κ2) is 8.79. The smallest absolute Gasteiger partial charge is 0.251 e. The molecule has 0 aliphatic heterocycles. The molecule has 0 N–H and O–H groups in total. The summed E-state index contributed by atoms with van der Waals surface area (Å²) in [6, 6.07) is 9.12. The van der Waals surface area contributed by atoms with E-state index in [0.717, 1.165) is 6.07 Å². The molecule has 1 heterocycles. The van der Waals surface area contributed by atoms with Crippen LogP contribution in [0.2, 0.25) is 5.02 Å². The van der Waals surface area contributed by atoms with E-state index in [1.807, 2.05) is 0 Å². The summed E-state index contributed by atoms with van der Waals surface area (Å²) >= 11 is 6.11. The third-order valence-corrected chi connectivity index (χ3v) is 5.16. The van der Waals surface area contributed by atoms with Gasteiger partial charge in [-0.1, -0.05) is 17.7 Å². The Kier molecular flexibility index (Phi) is 6.37. The minimum Gasteiger partial charge on any atom is -0.495 e. The van der Waals surface area contributed by atoms with E-state index in [1.54, 1.807) is 25.1 Å². The Morgan fingerprint density at radius 2 is 1.87 bits per heavy atom. The average molecular weight is 432 g/mol. The van der Waals surface area contributed by atoms with Gasteiger partial charge in [0.25, 0.3) is 5.56 Å². The fourth-order valence-corrected chi connectivity index (χ4v) is 3.57. The highest BCUT2D eigenvalue weighted by Gasteiger charge is 2.19. The molecule has 0 spiro atoms. The van der Waals surface area contributed by atoms with Gasteiger partial charge in [-0.3, -0.25) is 9.59 Å². The molecular formula is C23H20ClF2NO3. The van der Waals surface area contributed by atoms with Crippen molar-refractivity contribution in [1.29, 1.82) is 0 Å². The van der Waals surface area contributed by atoms with Crippen LogP contribution in [0.5, 0.6) is 5.75 Å². The van der Waals surface area contributed by atoms with Crippen molar-refractivity contribution < 1.29 is 18.3 Å². The lowest BCUT2D eigenvalue weighted by Gasteiger charge is -2.19. The second-order valence-corrected chi connectivity index (χ2v) is 7.47. The van der Waals surface area contributed by atoms with Crippen LogP contribution in [0.15, 0.2) is 53.5 Å². The molecule has 0 radical (unpaired) electrons. The van der Waals surface area contributed by atoms with Gasteiger partial charge in [-0.05, 0) is 55.7 Å². The molecule has 1 aromatic heterocycles. The second-order valence-electron chi connectivity index (χ2n) is 7.04. The molecule has 0 amide bonds. The summed E-state index contributed by atoms with van der Waals surface area (Å²) < 4.78 is 34.1. The van der Waals surface area contributed by atoms with Crippen LogP contribution < -0.4 is 10.3 Å². The number of carbonyl (C=O) groups excluding carboxylic acids is 1. The number of aromatic nitrogens is 1. The molecule has 1 unspecified atom stereocenters. The van der Waals surface area contributed by atoms with Crippen LogP contribution in [0, 0.1) is 11.6 Å². The quantitative estimate of drug-likeness (QED) is 0.487. The third-order valence-electron chi connectivity index (χ3n) is 4.92. The van der Waals surface area contributed by atoms with Gasteiger partial charge >= 0.3 is 0 Å². The van der Waals surface area contributed by atoms with Gasteiger partial charge in [-0.15, -0.1) is 0 Å². The fraction of sp³-hybridized carbons (Fsp3) is 0.217. The molecule has 0 aliphatic rings. The number of hydrogen-bond donors (Lipinski definition) is 0. The van der Waals surface area contributed by atoms with E-state index in [9.17, 15) is 18.4 Å². The molecule has 3 rings (SSSR count). The third kappa shape index (κ3) is 4.44. The minimum absolute atomic E-state index is 0.173. The summed E-state index contributed by atoms with van der Waals surface area (Å²) in [6.45, 7) is 3.18. The summed E-state index contributed by atoms with van der Waals surface area (Å²) in [5, 5.41) is 0.418. The van der Waals surface area contributed by atoms with Crippen molar-refractivity contribution in [2.75, 3.05) is 7.11 Å². The van der Waals surface area contributed by atoms with Crippen molar-refractivity contribution in [3.05, 3.63) is 86.8 Å². The van der Waals surface area contributed by atoms with E-state index < -0.39 is 17.7 Å². The van der Waals surface area contributed by atoms with Crippen molar-refractivity contribution in [3.8, 4) is 16.9 Å². The van der Waals surface area contributed by atoms with Crippen molar-refractivity contribution in [2.24, 2.45) is 0 Å². The zero-order valence-corrected chi connectivity index (χ0v) is 17.5. The number of carbonyl (C=O) groups is 1. The van der Waals surface area contributed by atoms with Crippen molar-refractivity contribution in [2.45, 2.75) is 26.3 Å². The lowest BCUT2D eigenvalue weighted by atomic mass is 9.97. The maximum atomic E-state index is 14.0. The molecule has 2 aromatic carbocycles. The normalized spacial score (nSPS) is 11.9. The number of pyridine rings is 1. The summed E-state index contributed by atoms with van der Waals surface area (Å²) in [6.07, 6.45) is 1.71. The van der Waals surface area contributed by atoms with Gasteiger partial charge < -0.3 is 9.30 Å². The molecule has 0 fully saturated rings. The van der Waals surface area contributed by atoms with Crippen LogP contribution in [0.1, 0.15) is 35.8 Å². The molecule has 4 nitrogen and oxygen atoms in total. The number of ether oxygens (including phenoxy) is 1. The average Bonchev–Trinajstić information content (AvgIpc) is 2.69.